The highest BCUT2D eigenvalue weighted by Gasteiger charge is 2.36. The first-order valence-electron chi connectivity index (χ1n) is 15.5. The highest BCUT2D eigenvalue weighted by Crippen LogP contribution is 2.40. The van der Waals surface area contributed by atoms with E-state index in [9.17, 15) is 9.59 Å². The van der Waals surface area contributed by atoms with Crippen LogP contribution in [0.5, 0.6) is 11.5 Å². The maximum atomic E-state index is 14.5. The first-order valence-corrected chi connectivity index (χ1v) is 16.3. The van der Waals surface area contributed by atoms with Crippen LogP contribution < -0.4 is 24.4 Å². The Hall–Kier alpha value is -5.46. The van der Waals surface area contributed by atoms with Crippen molar-refractivity contribution in [2.24, 2.45) is 4.99 Å². The number of nitriles is 1. The van der Waals surface area contributed by atoms with Crippen LogP contribution in [0.2, 0.25) is 0 Å². The van der Waals surface area contributed by atoms with E-state index in [1.807, 2.05) is 99.6 Å². The van der Waals surface area contributed by atoms with Gasteiger partial charge in [0.1, 0.15) is 24.1 Å². The summed E-state index contributed by atoms with van der Waals surface area (Å²) in [5.41, 5.74) is 3.75. The van der Waals surface area contributed by atoms with Gasteiger partial charge in [-0.3, -0.25) is 14.2 Å². The third kappa shape index (κ3) is 5.96. The predicted molar refractivity (Wildman–Crippen MR) is 184 cm³/mol. The van der Waals surface area contributed by atoms with E-state index in [4.69, 9.17) is 19.7 Å². The molecule has 1 aliphatic rings. The molecule has 9 heteroatoms. The number of allylic oxidation sites excluding steroid dienone is 1. The van der Waals surface area contributed by atoms with E-state index in [1.54, 1.807) is 28.7 Å². The minimum atomic E-state index is -0.759. The number of fused-ring (bicyclic) bond motifs is 2. The summed E-state index contributed by atoms with van der Waals surface area (Å²) >= 11 is 1.28. The molecule has 2 heterocycles. The molecule has 1 aromatic heterocycles. The van der Waals surface area contributed by atoms with E-state index >= 15 is 0 Å². The average molecular weight is 643 g/mol. The number of hydrogen-bond donors (Lipinski definition) is 0. The molecule has 47 heavy (non-hydrogen) atoms. The SMILES string of the molecule is CCN(CC)C(=O)C1=C(C)N=c2s/c(=C/c3ccccc3OCc3ccc(C#N)cc3)c(=O)n2[C@@H]1c1c(OC)ccc2ccccc12. The van der Waals surface area contributed by atoms with Gasteiger partial charge in [-0.1, -0.05) is 72.0 Å². The fourth-order valence-electron chi connectivity index (χ4n) is 5.99. The quantitative estimate of drug-likeness (QED) is 0.205. The molecule has 0 bridgehead atoms. The molecule has 0 saturated carbocycles. The lowest BCUT2D eigenvalue weighted by Crippen LogP contribution is -2.43. The predicted octanol–water partition coefficient (Wildman–Crippen LogP) is 5.72. The van der Waals surface area contributed by atoms with Gasteiger partial charge in [0.2, 0.25) is 0 Å². The number of likely N-dealkylation sites (N-methyl/N-ethyl adjacent to an activating group) is 1. The molecule has 6 rings (SSSR count). The normalized spacial score (nSPS) is 14.4. The molecule has 0 aliphatic carbocycles. The number of rotatable bonds is 9. The molecular formula is C38H34N4O4S. The van der Waals surface area contributed by atoms with Crippen molar-refractivity contribution in [2.45, 2.75) is 33.4 Å². The fraction of sp³-hybridized carbons (Fsp3) is 0.211. The van der Waals surface area contributed by atoms with Crippen LogP contribution in [-0.4, -0.2) is 35.6 Å². The Balaban J connectivity index is 1.52. The van der Waals surface area contributed by atoms with E-state index in [-0.39, 0.29) is 11.5 Å². The lowest BCUT2D eigenvalue weighted by atomic mass is 9.90. The third-order valence-corrected chi connectivity index (χ3v) is 9.39. The molecule has 0 N–H and O–H groups in total. The maximum Gasteiger partial charge on any atom is 0.271 e. The zero-order valence-electron chi connectivity index (χ0n) is 26.7. The third-order valence-electron chi connectivity index (χ3n) is 8.41. The van der Waals surface area contributed by atoms with Gasteiger partial charge >= 0.3 is 0 Å². The Morgan fingerprint density at radius 2 is 1.72 bits per heavy atom. The lowest BCUT2D eigenvalue weighted by molar-refractivity contribution is -0.127. The average Bonchev–Trinajstić information content (AvgIpc) is 3.40. The zero-order chi connectivity index (χ0) is 33.1. The van der Waals surface area contributed by atoms with Crippen LogP contribution in [0, 0.1) is 11.3 Å². The van der Waals surface area contributed by atoms with Gasteiger partial charge in [-0.05, 0) is 67.4 Å². The first-order chi connectivity index (χ1) is 22.9. The van der Waals surface area contributed by atoms with E-state index in [0.717, 1.165) is 27.5 Å². The van der Waals surface area contributed by atoms with E-state index < -0.39 is 6.04 Å². The summed E-state index contributed by atoms with van der Waals surface area (Å²) in [7, 11) is 1.61. The molecule has 1 amide bonds. The Bertz CT molecular complexity index is 2240. The fourth-order valence-corrected chi connectivity index (χ4v) is 7.03. The summed E-state index contributed by atoms with van der Waals surface area (Å²) in [6.45, 7) is 7.07. The monoisotopic (exact) mass is 642 g/mol. The van der Waals surface area contributed by atoms with Crippen molar-refractivity contribution in [3.63, 3.8) is 0 Å². The maximum absolute atomic E-state index is 14.5. The number of benzene rings is 4. The van der Waals surface area contributed by atoms with Gasteiger partial charge in [0.05, 0.1) is 34.5 Å². The number of aromatic nitrogens is 1. The van der Waals surface area contributed by atoms with Gasteiger partial charge in [0, 0.05) is 24.2 Å². The van der Waals surface area contributed by atoms with Crippen molar-refractivity contribution in [3.05, 3.63) is 138 Å². The smallest absolute Gasteiger partial charge is 0.271 e. The Labute approximate surface area is 276 Å². The Morgan fingerprint density at radius 3 is 2.45 bits per heavy atom. The highest BCUT2D eigenvalue weighted by molar-refractivity contribution is 7.07. The van der Waals surface area contributed by atoms with Crippen LogP contribution in [-0.2, 0) is 11.4 Å². The molecule has 0 saturated heterocycles. The van der Waals surface area contributed by atoms with Crippen LogP contribution in [0.1, 0.15) is 49.1 Å². The number of methoxy groups -OCH3 is 1. The van der Waals surface area contributed by atoms with Gasteiger partial charge in [-0.15, -0.1) is 0 Å². The van der Waals surface area contributed by atoms with Crippen LogP contribution in [0.25, 0.3) is 16.8 Å². The van der Waals surface area contributed by atoms with Crippen molar-refractivity contribution in [1.29, 1.82) is 5.26 Å². The van der Waals surface area contributed by atoms with Crippen LogP contribution in [0.4, 0.5) is 0 Å². The summed E-state index contributed by atoms with van der Waals surface area (Å²) in [5, 5.41) is 11.0. The van der Waals surface area contributed by atoms with Crippen molar-refractivity contribution in [2.75, 3.05) is 20.2 Å². The lowest BCUT2D eigenvalue weighted by Gasteiger charge is -2.30. The minimum Gasteiger partial charge on any atom is -0.496 e. The molecular weight excluding hydrogens is 609 g/mol. The van der Waals surface area contributed by atoms with E-state index in [0.29, 0.717) is 57.4 Å². The largest absolute Gasteiger partial charge is 0.496 e. The molecule has 0 unspecified atom stereocenters. The second-order valence-corrected chi connectivity index (χ2v) is 12.1. The van der Waals surface area contributed by atoms with Crippen LogP contribution >= 0.6 is 11.3 Å². The molecule has 1 aliphatic heterocycles. The summed E-state index contributed by atoms with van der Waals surface area (Å²) < 4.78 is 14.2. The number of hydrogen-bond acceptors (Lipinski definition) is 7. The van der Waals surface area contributed by atoms with E-state index in [2.05, 4.69) is 6.07 Å². The Kier molecular flexibility index (Phi) is 9.05. The molecule has 0 spiro atoms. The van der Waals surface area contributed by atoms with Gasteiger partial charge in [0.15, 0.2) is 4.80 Å². The molecule has 5 aromatic rings. The standard InChI is InChI=1S/C38H34N4O4S/c1-5-41(6-2)37(44)33-24(3)40-38-42(35(33)34-29-13-9-7-11-27(29)19-20-31(34)45-4)36(43)32(47-38)21-28-12-8-10-14-30(28)46-23-26-17-15-25(22-39)16-18-26/h7-21,35H,5-6,23H2,1-4H3/b32-21+/t35-/m0/s1. The number of thiazole rings is 1. The van der Waals surface area contributed by atoms with Crippen LogP contribution in [0.15, 0.2) is 106 Å². The van der Waals surface area contributed by atoms with Gasteiger partial charge in [-0.25, -0.2) is 4.99 Å². The number of para-hydroxylation sites is 1. The summed E-state index contributed by atoms with van der Waals surface area (Å²) in [4.78, 5) is 35.8. The molecule has 1 atom stereocenters. The van der Waals surface area contributed by atoms with Crippen LogP contribution in [0.3, 0.4) is 0 Å². The molecule has 4 aromatic carbocycles. The van der Waals surface area contributed by atoms with Crippen molar-refractivity contribution >= 4 is 34.1 Å². The van der Waals surface area contributed by atoms with Gasteiger partial charge < -0.3 is 14.4 Å². The van der Waals surface area contributed by atoms with Gasteiger partial charge in [-0.2, -0.15) is 5.26 Å². The number of carbonyl (C=O) groups is 1. The second kappa shape index (κ2) is 13.5. The summed E-state index contributed by atoms with van der Waals surface area (Å²) in [5.74, 6) is 1.04. The zero-order valence-corrected chi connectivity index (χ0v) is 27.5. The number of carbonyl (C=O) groups excluding carboxylic acids is 1. The topological polar surface area (TPSA) is 96.9 Å². The minimum absolute atomic E-state index is 0.160. The second-order valence-electron chi connectivity index (χ2n) is 11.1. The Morgan fingerprint density at radius 1 is 1.00 bits per heavy atom. The van der Waals surface area contributed by atoms with Crippen molar-refractivity contribution in [1.82, 2.24) is 9.47 Å². The first kappa shape index (κ1) is 31.5. The summed E-state index contributed by atoms with van der Waals surface area (Å²) in [6, 6.07) is 28.0. The number of ether oxygens (including phenoxy) is 2. The van der Waals surface area contributed by atoms with Crippen molar-refractivity contribution < 1.29 is 14.3 Å². The molecule has 236 valence electrons. The molecule has 0 radical (unpaired) electrons. The molecule has 0 fully saturated rings. The highest BCUT2D eigenvalue weighted by atomic mass is 32.1. The summed E-state index contributed by atoms with van der Waals surface area (Å²) in [6.07, 6.45) is 1.82. The van der Waals surface area contributed by atoms with Gasteiger partial charge in [0.25, 0.3) is 11.5 Å². The number of nitrogens with zero attached hydrogens (tertiary/aromatic N) is 4. The van der Waals surface area contributed by atoms with E-state index in [1.165, 1.54) is 11.3 Å². The number of amides is 1. The van der Waals surface area contributed by atoms with Crippen molar-refractivity contribution in [3.8, 4) is 17.6 Å². The molecule has 8 nitrogen and oxygen atoms in total.